The van der Waals surface area contributed by atoms with Gasteiger partial charge in [-0.3, -0.25) is 0 Å². The Labute approximate surface area is 102 Å². The van der Waals surface area contributed by atoms with Crippen LogP contribution in [0.4, 0.5) is 0 Å². The summed E-state index contributed by atoms with van der Waals surface area (Å²) in [6.07, 6.45) is 0. The largest absolute Gasteiger partial charge is 0.370 e. The number of aromatic nitrogens is 2. The molecule has 0 atom stereocenters. The summed E-state index contributed by atoms with van der Waals surface area (Å²) in [6, 6.07) is 8.13. The van der Waals surface area contributed by atoms with Gasteiger partial charge in [-0.05, 0) is 25.1 Å². The smallest absolute Gasteiger partial charge is 0.0897 e. The molecule has 0 radical (unpaired) electrons. The van der Waals surface area contributed by atoms with E-state index >= 15 is 0 Å². The van der Waals surface area contributed by atoms with Crippen molar-refractivity contribution in [2.24, 2.45) is 0 Å². The molecule has 16 heavy (non-hydrogen) atoms. The summed E-state index contributed by atoms with van der Waals surface area (Å²) in [4.78, 5) is 0. The van der Waals surface area contributed by atoms with Crippen molar-refractivity contribution in [2.75, 3.05) is 0 Å². The zero-order valence-electron chi connectivity index (χ0n) is 8.90. The Kier molecular flexibility index (Phi) is 2.33. The molecule has 3 nitrogen and oxygen atoms in total. The Morgan fingerprint density at radius 1 is 1.38 bits per heavy atom. The molecule has 0 amide bonds. The fourth-order valence-electron chi connectivity index (χ4n) is 2.01. The van der Waals surface area contributed by atoms with Gasteiger partial charge in [-0.25, -0.2) is 4.68 Å². The molecule has 0 fully saturated rings. The van der Waals surface area contributed by atoms with E-state index in [0.29, 0.717) is 13.2 Å². The quantitative estimate of drug-likeness (QED) is 0.802. The standard InChI is InChI=1S/C12H11BrN2O/c1-8-11-6-16-7-12(11)15(14-8)10-4-2-3-9(13)5-10/h2-5H,6-7H2,1H3. The van der Waals surface area contributed by atoms with Crippen molar-refractivity contribution in [3.8, 4) is 5.69 Å². The fourth-order valence-corrected chi connectivity index (χ4v) is 2.40. The van der Waals surface area contributed by atoms with E-state index in [1.165, 1.54) is 11.3 Å². The Balaban J connectivity index is 2.17. The molecule has 4 heteroatoms. The summed E-state index contributed by atoms with van der Waals surface area (Å²) in [5, 5.41) is 4.56. The van der Waals surface area contributed by atoms with Crippen LogP contribution in [-0.2, 0) is 18.0 Å². The Bertz CT molecular complexity index is 548. The van der Waals surface area contributed by atoms with Gasteiger partial charge in [0.1, 0.15) is 0 Å². The Hall–Kier alpha value is -1.13. The molecule has 82 valence electrons. The lowest BCUT2D eigenvalue weighted by atomic mass is 10.2. The molecule has 0 spiro atoms. The first-order valence-corrected chi connectivity index (χ1v) is 5.96. The van der Waals surface area contributed by atoms with Gasteiger partial charge in [0.2, 0.25) is 0 Å². The lowest BCUT2D eigenvalue weighted by molar-refractivity contribution is 0.130. The van der Waals surface area contributed by atoms with Gasteiger partial charge in [-0.15, -0.1) is 0 Å². The highest BCUT2D eigenvalue weighted by molar-refractivity contribution is 9.10. The van der Waals surface area contributed by atoms with Crippen molar-refractivity contribution in [1.29, 1.82) is 0 Å². The monoisotopic (exact) mass is 278 g/mol. The number of hydrogen-bond donors (Lipinski definition) is 0. The van der Waals surface area contributed by atoms with E-state index in [0.717, 1.165) is 15.9 Å². The van der Waals surface area contributed by atoms with Gasteiger partial charge in [0.15, 0.2) is 0 Å². The van der Waals surface area contributed by atoms with Crippen LogP contribution in [0.3, 0.4) is 0 Å². The molecule has 1 aromatic carbocycles. The molecule has 0 unspecified atom stereocenters. The first-order chi connectivity index (χ1) is 7.75. The van der Waals surface area contributed by atoms with Crippen LogP contribution in [0.5, 0.6) is 0 Å². The zero-order chi connectivity index (χ0) is 11.1. The molecule has 0 N–H and O–H groups in total. The molecule has 2 heterocycles. The SMILES string of the molecule is Cc1nn(-c2cccc(Br)c2)c2c1COC2. The van der Waals surface area contributed by atoms with Gasteiger partial charge < -0.3 is 4.74 Å². The van der Waals surface area contributed by atoms with Crippen LogP contribution >= 0.6 is 15.9 Å². The Morgan fingerprint density at radius 3 is 3.06 bits per heavy atom. The minimum absolute atomic E-state index is 0.655. The average Bonchev–Trinajstić information content (AvgIpc) is 2.83. The normalized spacial score (nSPS) is 14.1. The van der Waals surface area contributed by atoms with Gasteiger partial charge in [0, 0.05) is 10.0 Å². The maximum Gasteiger partial charge on any atom is 0.0897 e. The molecule has 2 aromatic rings. The van der Waals surface area contributed by atoms with Crippen molar-refractivity contribution >= 4 is 15.9 Å². The van der Waals surface area contributed by atoms with E-state index in [1.54, 1.807) is 0 Å². The van der Waals surface area contributed by atoms with Crippen LogP contribution in [0.15, 0.2) is 28.7 Å². The van der Waals surface area contributed by atoms with Crippen LogP contribution < -0.4 is 0 Å². The highest BCUT2D eigenvalue weighted by Gasteiger charge is 2.21. The number of ether oxygens (including phenoxy) is 1. The van der Waals surface area contributed by atoms with Gasteiger partial charge in [-0.1, -0.05) is 22.0 Å². The summed E-state index contributed by atoms with van der Waals surface area (Å²) in [6.45, 7) is 3.37. The summed E-state index contributed by atoms with van der Waals surface area (Å²) in [7, 11) is 0. The molecular weight excluding hydrogens is 268 g/mol. The molecule has 1 aliphatic rings. The van der Waals surface area contributed by atoms with Gasteiger partial charge in [-0.2, -0.15) is 5.10 Å². The molecular formula is C12H11BrN2O. The third-order valence-corrected chi connectivity index (χ3v) is 3.32. The summed E-state index contributed by atoms with van der Waals surface area (Å²) < 4.78 is 8.49. The van der Waals surface area contributed by atoms with Crippen LogP contribution in [-0.4, -0.2) is 9.78 Å². The second kappa shape index (κ2) is 3.71. The summed E-state index contributed by atoms with van der Waals surface area (Å²) >= 11 is 3.47. The van der Waals surface area contributed by atoms with Crippen molar-refractivity contribution < 1.29 is 4.74 Å². The van der Waals surface area contributed by atoms with E-state index in [4.69, 9.17) is 4.74 Å². The van der Waals surface area contributed by atoms with Crippen LogP contribution in [0.25, 0.3) is 5.69 Å². The molecule has 0 bridgehead atoms. The lowest BCUT2D eigenvalue weighted by Crippen LogP contribution is -2.01. The highest BCUT2D eigenvalue weighted by atomic mass is 79.9. The predicted molar refractivity (Wildman–Crippen MR) is 64.5 cm³/mol. The van der Waals surface area contributed by atoms with Gasteiger partial charge >= 0.3 is 0 Å². The third kappa shape index (κ3) is 1.49. The number of aryl methyl sites for hydroxylation is 1. The summed E-state index contributed by atoms with van der Waals surface area (Å²) in [5.74, 6) is 0. The molecule has 0 saturated heterocycles. The topological polar surface area (TPSA) is 27.1 Å². The van der Waals surface area contributed by atoms with Crippen LogP contribution in [0.2, 0.25) is 0 Å². The minimum atomic E-state index is 0.655. The highest BCUT2D eigenvalue weighted by Crippen LogP contribution is 2.26. The van der Waals surface area contributed by atoms with E-state index in [-0.39, 0.29) is 0 Å². The number of fused-ring (bicyclic) bond motifs is 1. The second-order valence-corrected chi connectivity index (χ2v) is 4.81. The fraction of sp³-hybridized carbons (Fsp3) is 0.250. The average molecular weight is 279 g/mol. The third-order valence-electron chi connectivity index (χ3n) is 2.83. The van der Waals surface area contributed by atoms with Crippen molar-refractivity contribution in [2.45, 2.75) is 20.1 Å². The minimum Gasteiger partial charge on any atom is -0.370 e. The maximum atomic E-state index is 5.46. The van der Waals surface area contributed by atoms with Crippen molar-refractivity contribution in [3.05, 3.63) is 45.7 Å². The van der Waals surface area contributed by atoms with Gasteiger partial charge in [0.25, 0.3) is 0 Å². The Morgan fingerprint density at radius 2 is 2.25 bits per heavy atom. The van der Waals surface area contributed by atoms with E-state index in [2.05, 4.69) is 33.2 Å². The second-order valence-electron chi connectivity index (χ2n) is 3.90. The number of halogens is 1. The van der Waals surface area contributed by atoms with Crippen LogP contribution in [0, 0.1) is 6.92 Å². The molecule has 0 saturated carbocycles. The molecule has 3 rings (SSSR count). The molecule has 0 aliphatic carbocycles. The van der Waals surface area contributed by atoms with Crippen molar-refractivity contribution in [3.63, 3.8) is 0 Å². The molecule has 1 aromatic heterocycles. The van der Waals surface area contributed by atoms with Crippen molar-refractivity contribution in [1.82, 2.24) is 9.78 Å². The predicted octanol–water partition coefficient (Wildman–Crippen LogP) is 2.97. The summed E-state index contributed by atoms with van der Waals surface area (Å²) in [5.41, 5.74) is 4.55. The number of rotatable bonds is 1. The van der Waals surface area contributed by atoms with E-state index in [1.807, 2.05) is 23.7 Å². The zero-order valence-corrected chi connectivity index (χ0v) is 10.5. The molecule has 1 aliphatic heterocycles. The number of hydrogen-bond acceptors (Lipinski definition) is 2. The van der Waals surface area contributed by atoms with Crippen LogP contribution in [0.1, 0.15) is 17.0 Å². The van der Waals surface area contributed by atoms with E-state index in [9.17, 15) is 0 Å². The number of nitrogens with zero attached hydrogens (tertiary/aromatic N) is 2. The van der Waals surface area contributed by atoms with Gasteiger partial charge in [0.05, 0.1) is 30.3 Å². The first kappa shape index (κ1) is 10.1. The number of benzene rings is 1. The maximum absolute atomic E-state index is 5.46. The lowest BCUT2D eigenvalue weighted by Gasteiger charge is -2.05. The van der Waals surface area contributed by atoms with E-state index < -0.39 is 0 Å². The first-order valence-electron chi connectivity index (χ1n) is 5.17.